The van der Waals surface area contributed by atoms with Crippen LogP contribution >= 0.6 is 0 Å². The van der Waals surface area contributed by atoms with Crippen LogP contribution in [0.1, 0.15) is 40.5 Å². The second kappa shape index (κ2) is 4.55. The third-order valence-corrected chi connectivity index (χ3v) is 1.81. The highest BCUT2D eigenvalue weighted by molar-refractivity contribution is 5.05. The van der Waals surface area contributed by atoms with Gasteiger partial charge in [0.25, 0.3) is 0 Å². The van der Waals surface area contributed by atoms with Gasteiger partial charge in [-0.3, -0.25) is 0 Å². The highest BCUT2D eigenvalue weighted by atomic mass is 16.5. The molecule has 0 saturated heterocycles. The first-order chi connectivity index (χ1) is 5.00. The number of hydrogen-bond acceptors (Lipinski definition) is 1. The lowest BCUT2D eigenvalue weighted by Gasteiger charge is -2.25. The number of ether oxygens (including phenoxy) is 1. The lowest BCUT2D eigenvalue weighted by atomic mass is 10.0. The maximum atomic E-state index is 5.51. The summed E-state index contributed by atoms with van der Waals surface area (Å²) in [6.07, 6.45) is 2.14. The van der Waals surface area contributed by atoms with Gasteiger partial charge in [0.1, 0.15) is 0 Å². The molecule has 0 aliphatic heterocycles. The van der Waals surface area contributed by atoms with E-state index in [9.17, 15) is 0 Å². The Kier molecular flexibility index (Phi) is 4.43. The third-order valence-electron chi connectivity index (χ3n) is 1.81. The first-order valence-electron chi connectivity index (χ1n) is 4.16. The van der Waals surface area contributed by atoms with Gasteiger partial charge < -0.3 is 4.74 Å². The van der Waals surface area contributed by atoms with Crippen LogP contribution in [0.3, 0.4) is 0 Å². The lowest BCUT2D eigenvalue weighted by Crippen LogP contribution is -2.23. The van der Waals surface area contributed by atoms with Crippen molar-refractivity contribution in [1.82, 2.24) is 0 Å². The van der Waals surface area contributed by atoms with Crippen molar-refractivity contribution in [3.05, 3.63) is 18.8 Å². The largest absolute Gasteiger partial charge is 0.365 e. The molecule has 0 amide bonds. The fourth-order valence-electron chi connectivity index (χ4n) is 0.486. The SMILES string of the molecule is C=C(C)C(C)(C)O[CH]CCC. The van der Waals surface area contributed by atoms with Gasteiger partial charge in [0.15, 0.2) is 0 Å². The smallest absolute Gasteiger partial charge is 0.0848 e. The average Bonchev–Trinajstić information content (AvgIpc) is 1.88. The van der Waals surface area contributed by atoms with Crippen molar-refractivity contribution in [1.29, 1.82) is 0 Å². The van der Waals surface area contributed by atoms with E-state index in [0.717, 1.165) is 18.4 Å². The minimum Gasteiger partial charge on any atom is -0.365 e. The van der Waals surface area contributed by atoms with E-state index in [1.54, 1.807) is 0 Å². The normalized spacial score (nSPS) is 11.6. The first-order valence-corrected chi connectivity index (χ1v) is 4.16. The first kappa shape index (κ1) is 10.7. The summed E-state index contributed by atoms with van der Waals surface area (Å²) >= 11 is 0. The van der Waals surface area contributed by atoms with E-state index in [-0.39, 0.29) is 5.60 Å². The van der Waals surface area contributed by atoms with Crippen LogP contribution in [0.25, 0.3) is 0 Å². The van der Waals surface area contributed by atoms with Crippen LogP contribution in [-0.4, -0.2) is 5.60 Å². The second-order valence-electron chi connectivity index (χ2n) is 3.36. The van der Waals surface area contributed by atoms with E-state index < -0.39 is 0 Å². The molecule has 1 heteroatoms. The van der Waals surface area contributed by atoms with E-state index in [1.165, 1.54) is 0 Å². The zero-order valence-corrected chi connectivity index (χ0v) is 8.11. The lowest BCUT2D eigenvalue weighted by molar-refractivity contribution is 0.0541. The Hall–Kier alpha value is -0.300. The van der Waals surface area contributed by atoms with Gasteiger partial charge in [-0.25, -0.2) is 0 Å². The van der Waals surface area contributed by atoms with Crippen LogP contribution < -0.4 is 0 Å². The standard InChI is InChI=1S/C10H19O/c1-6-7-8-11-10(4,5)9(2)3/h8H,2,6-7H2,1,3-5H3. The van der Waals surface area contributed by atoms with E-state index in [2.05, 4.69) is 13.5 Å². The fraction of sp³-hybridized carbons (Fsp3) is 0.700. The molecule has 0 aromatic carbocycles. The molecule has 0 N–H and O–H groups in total. The number of rotatable bonds is 5. The molecule has 0 bridgehead atoms. The molecule has 0 aromatic rings. The van der Waals surface area contributed by atoms with Crippen molar-refractivity contribution in [2.75, 3.05) is 0 Å². The summed E-state index contributed by atoms with van der Waals surface area (Å²) in [5, 5.41) is 0. The molecule has 0 rings (SSSR count). The summed E-state index contributed by atoms with van der Waals surface area (Å²) in [4.78, 5) is 0. The van der Waals surface area contributed by atoms with Crippen LogP contribution in [0.4, 0.5) is 0 Å². The minimum absolute atomic E-state index is 0.199. The predicted molar refractivity (Wildman–Crippen MR) is 49.2 cm³/mol. The molecular formula is C10H19O. The van der Waals surface area contributed by atoms with Gasteiger partial charge in [0.2, 0.25) is 0 Å². The zero-order chi connectivity index (χ0) is 8.91. The molecule has 0 saturated carbocycles. The number of unbranched alkanes of at least 4 members (excludes halogenated alkanes) is 1. The Morgan fingerprint density at radius 2 is 2.09 bits per heavy atom. The van der Waals surface area contributed by atoms with E-state index in [4.69, 9.17) is 4.74 Å². The van der Waals surface area contributed by atoms with Crippen molar-refractivity contribution in [3.63, 3.8) is 0 Å². The van der Waals surface area contributed by atoms with Gasteiger partial charge >= 0.3 is 0 Å². The van der Waals surface area contributed by atoms with Gasteiger partial charge in [-0.1, -0.05) is 19.9 Å². The van der Waals surface area contributed by atoms with Crippen LogP contribution in [-0.2, 0) is 4.74 Å². The van der Waals surface area contributed by atoms with Crippen LogP contribution in [0.5, 0.6) is 0 Å². The molecule has 0 heterocycles. The molecule has 0 aliphatic carbocycles. The number of hydrogen-bond donors (Lipinski definition) is 0. The third kappa shape index (κ3) is 4.20. The summed E-state index contributed by atoms with van der Waals surface area (Å²) in [6.45, 7) is 13.9. The summed E-state index contributed by atoms with van der Waals surface area (Å²) in [5.41, 5.74) is 0.861. The van der Waals surface area contributed by atoms with Crippen LogP contribution in [0, 0.1) is 6.61 Å². The maximum absolute atomic E-state index is 5.51. The Bertz CT molecular complexity index is 125. The molecule has 1 radical (unpaired) electrons. The summed E-state index contributed by atoms with van der Waals surface area (Å²) in [5.74, 6) is 0. The van der Waals surface area contributed by atoms with E-state index in [0.29, 0.717) is 0 Å². The average molecular weight is 155 g/mol. The second-order valence-corrected chi connectivity index (χ2v) is 3.36. The molecule has 0 spiro atoms. The van der Waals surface area contributed by atoms with Gasteiger partial charge in [0.05, 0.1) is 12.2 Å². The van der Waals surface area contributed by atoms with Crippen LogP contribution in [0.15, 0.2) is 12.2 Å². The van der Waals surface area contributed by atoms with Gasteiger partial charge in [0, 0.05) is 0 Å². The van der Waals surface area contributed by atoms with Gasteiger partial charge in [-0.05, 0) is 32.8 Å². The van der Waals surface area contributed by atoms with Gasteiger partial charge in [-0.15, -0.1) is 0 Å². The molecule has 0 atom stereocenters. The quantitative estimate of drug-likeness (QED) is 0.437. The molecule has 11 heavy (non-hydrogen) atoms. The highest BCUT2D eigenvalue weighted by Crippen LogP contribution is 2.20. The Labute approximate surface area is 70.4 Å². The Morgan fingerprint density at radius 1 is 1.55 bits per heavy atom. The van der Waals surface area contributed by atoms with Crippen molar-refractivity contribution < 1.29 is 4.74 Å². The van der Waals surface area contributed by atoms with Crippen molar-refractivity contribution in [2.45, 2.75) is 46.1 Å². The summed E-state index contributed by atoms with van der Waals surface area (Å²) in [7, 11) is 0. The van der Waals surface area contributed by atoms with E-state index >= 15 is 0 Å². The van der Waals surface area contributed by atoms with Crippen molar-refractivity contribution >= 4 is 0 Å². The topological polar surface area (TPSA) is 9.23 Å². The zero-order valence-electron chi connectivity index (χ0n) is 8.11. The van der Waals surface area contributed by atoms with E-state index in [1.807, 2.05) is 27.4 Å². The maximum Gasteiger partial charge on any atom is 0.0848 e. The summed E-state index contributed by atoms with van der Waals surface area (Å²) < 4.78 is 5.51. The molecular weight excluding hydrogens is 136 g/mol. The Balaban J connectivity index is 3.64. The minimum atomic E-state index is -0.199. The molecule has 0 fully saturated rings. The fourth-order valence-corrected chi connectivity index (χ4v) is 0.486. The molecule has 0 aromatic heterocycles. The molecule has 1 nitrogen and oxygen atoms in total. The molecule has 65 valence electrons. The molecule has 0 aliphatic rings. The Morgan fingerprint density at radius 3 is 2.45 bits per heavy atom. The predicted octanol–water partition coefficient (Wildman–Crippen LogP) is 3.32. The van der Waals surface area contributed by atoms with Crippen molar-refractivity contribution in [3.8, 4) is 0 Å². The van der Waals surface area contributed by atoms with Crippen LogP contribution in [0.2, 0.25) is 0 Å². The molecule has 0 unspecified atom stereocenters. The summed E-state index contributed by atoms with van der Waals surface area (Å²) in [6, 6.07) is 0. The highest BCUT2D eigenvalue weighted by Gasteiger charge is 2.18. The van der Waals surface area contributed by atoms with Crippen molar-refractivity contribution in [2.24, 2.45) is 0 Å². The monoisotopic (exact) mass is 155 g/mol. The van der Waals surface area contributed by atoms with Gasteiger partial charge in [-0.2, -0.15) is 0 Å².